The molecule has 36 heavy (non-hydrogen) atoms. The number of thiazole rings is 1. The number of nitrogens with one attached hydrogen (secondary N) is 1. The first kappa shape index (κ1) is 26.6. The maximum atomic E-state index is 13.0. The molecule has 1 N–H and O–H groups in total. The highest BCUT2D eigenvalue weighted by Gasteiger charge is 2.53. The fraction of sp³-hybridized carbons (Fsp3) is 0.269. The summed E-state index contributed by atoms with van der Waals surface area (Å²) in [5, 5.41) is 15.9. The van der Waals surface area contributed by atoms with Crippen molar-refractivity contribution in [3.63, 3.8) is 0 Å². The molecule has 2 heterocycles. The minimum Gasteiger partial charge on any atom is -0.469 e. The fourth-order valence-electron chi connectivity index (χ4n) is 4.40. The van der Waals surface area contributed by atoms with Gasteiger partial charge in [0.1, 0.15) is 5.01 Å². The van der Waals surface area contributed by atoms with Crippen molar-refractivity contribution >= 4 is 29.0 Å². The molecule has 0 bridgehead atoms. The Morgan fingerprint density at radius 2 is 1.67 bits per heavy atom. The predicted octanol–water partition coefficient (Wildman–Crippen LogP) is 4.58. The normalized spacial score (nSPS) is 20.9. The lowest BCUT2D eigenvalue weighted by Gasteiger charge is -2.46. The zero-order valence-electron chi connectivity index (χ0n) is 20.3. The largest absolute Gasteiger partial charge is 0.469 e. The van der Waals surface area contributed by atoms with Crippen LogP contribution in [0.1, 0.15) is 30.3 Å². The van der Waals surface area contributed by atoms with Crippen LogP contribution in [0.3, 0.4) is 0 Å². The van der Waals surface area contributed by atoms with Crippen LogP contribution in [0.5, 0.6) is 0 Å². The van der Waals surface area contributed by atoms with Gasteiger partial charge in [0.25, 0.3) is 5.69 Å². The van der Waals surface area contributed by atoms with Crippen LogP contribution >= 0.6 is 11.3 Å². The molecule has 3 unspecified atom stereocenters. The number of carbonyl (C=O) groups is 2. The van der Waals surface area contributed by atoms with Gasteiger partial charge in [0, 0.05) is 29.4 Å². The fourth-order valence-corrected chi connectivity index (χ4v) is 5.18. The number of allylic oxidation sites excluding steroid dienone is 1. The number of carbonyl (C=O) groups excluding carboxylic acids is 2. The number of methoxy groups -OCH3 is 2. The SMILES string of the molecule is COC(=O)C1=C(C)NC(C)(c2ccccc2)C(C(=O)OC)C1c1nccs1.O=[N+]([O-])c1ccccc1. The second-order valence-electron chi connectivity index (χ2n) is 8.17. The zero-order chi connectivity index (χ0) is 26.3. The highest BCUT2D eigenvalue weighted by atomic mass is 32.1. The van der Waals surface area contributed by atoms with Gasteiger partial charge in [0.05, 0.1) is 42.1 Å². The number of nitro benzene ring substituents is 1. The van der Waals surface area contributed by atoms with Gasteiger partial charge in [0.15, 0.2) is 0 Å². The number of ether oxygens (including phenoxy) is 2. The molecule has 0 fully saturated rings. The van der Waals surface area contributed by atoms with Crippen LogP contribution in [-0.4, -0.2) is 36.1 Å². The number of benzene rings is 2. The van der Waals surface area contributed by atoms with Crippen LogP contribution in [-0.2, 0) is 24.6 Å². The number of para-hydroxylation sites is 1. The maximum absolute atomic E-state index is 13.0. The van der Waals surface area contributed by atoms with E-state index in [1.54, 1.807) is 24.4 Å². The molecule has 10 heteroatoms. The molecule has 1 aromatic heterocycles. The van der Waals surface area contributed by atoms with Crippen molar-refractivity contribution in [1.82, 2.24) is 10.3 Å². The van der Waals surface area contributed by atoms with Crippen LogP contribution in [0.2, 0.25) is 0 Å². The minimum atomic E-state index is -0.785. The van der Waals surface area contributed by atoms with Gasteiger partial charge in [0.2, 0.25) is 0 Å². The van der Waals surface area contributed by atoms with Gasteiger partial charge in [-0.1, -0.05) is 48.5 Å². The Balaban J connectivity index is 0.000000338. The zero-order valence-corrected chi connectivity index (χ0v) is 21.2. The molecule has 3 aromatic rings. The summed E-state index contributed by atoms with van der Waals surface area (Å²) in [7, 11) is 2.69. The van der Waals surface area contributed by atoms with Crippen LogP contribution in [0.25, 0.3) is 0 Å². The number of nitrogens with zero attached hydrogens (tertiary/aromatic N) is 2. The Kier molecular flexibility index (Phi) is 8.55. The van der Waals surface area contributed by atoms with Crippen LogP contribution < -0.4 is 5.32 Å². The molecule has 0 saturated carbocycles. The molecule has 1 aliphatic rings. The first-order chi connectivity index (χ1) is 17.2. The molecule has 0 amide bonds. The second-order valence-corrected chi connectivity index (χ2v) is 9.09. The summed E-state index contributed by atoms with van der Waals surface area (Å²) in [5.74, 6) is -2.17. The number of non-ortho nitro benzene ring substituents is 1. The smallest absolute Gasteiger partial charge is 0.336 e. The van der Waals surface area contributed by atoms with Crippen molar-refractivity contribution in [2.75, 3.05) is 14.2 Å². The number of rotatable bonds is 5. The molecule has 1 aliphatic heterocycles. The third-order valence-corrected chi connectivity index (χ3v) is 6.89. The Bertz CT molecular complexity index is 1230. The summed E-state index contributed by atoms with van der Waals surface area (Å²) < 4.78 is 10.2. The maximum Gasteiger partial charge on any atom is 0.336 e. The van der Waals surface area contributed by atoms with Gasteiger partial charge in [-0.25, -0.2) is 9.78 Å². The topological polar surface area (TPSA) is 121 Å². The van der Waals surface area contributed by atoms with Gasteiger partial charge in [-0.3, -0.25) is 14.9 Å². The number of hydrogen-bond acceptors (Lipinski definition) is 9. The van der Waals surface area contributed by atoms with Crippen LogP contribution in [0, 0.1) is 16.0 Å². The monoisotopic (exact) mass is 509 g/mol. The van der Waals surface area contributed by atoms with E-state index in [4.69, 9.17) is 9.47 Å². The van der Waals surface area contributed by atoms with Crippen LogP contribution in [0.15, 0.2) is 83.5 Å². The summed E-state index contributed by atoms with van der Waals surface area (Å²) in [6.07, 6.45) is 1.67. The predicted molar refractivity (Wildman–Crippen MR) is 135 cm³/mol. The number of nitro groups is 1. The quantitative estimate of drug-likeness (QED) is 0.302. The van der Waals surface area contributed by atoms with E-state index in [-0.39, 0.29) is 5.69 Å². The summed E-state index contributed by atoms with van der Waals surface area (Å²) >= 11 is 1.40. The first-order valence-corrected chi connectivity index (χ1v) is 11.9. The average molecular weight is 510 g/mol. The van der Waals surface area contributed by atoms with Crippen molar-refractivity contribution in [2.45, 2.75) is 25.3 Å². The van der Waals surface area contributed by atoms with Gasteiger partial charge in [-0.05, 0) is 19.4 Å². The highest BCUT2D eigenvalue weighted by molar-refractivity contribution is 7.09. The second kappa shape index (κ2) is 11.6. The third-order valence-electron chi connectivity index (χ3n) is 6.04. The Morgan fingerprint density at radius 3 is 2.14 bits per heavy atom. The van der Waals surface area contributed by atoms with Crippen molar-refractivity contribution < 1.29 is 24.0 Å². The number of esters is 2. The highest BCUT2D eigenvalue weighted by Crippen LogP contribution is 2.48. The molecule has 4 rings (SSSR count). The lowest BCUT2D eigenvalue weighted by Crippen LogP contribution is -2.55. The standard InChI is InChI=1S/C20H22N2O4S.C6H5NO2/c1-12-14(18(23)25-3)15(17-21-10-11-27-17)16(19(24)26-4)20(2,22-12)13-8-6-5-7-9-13;8-7(9)6-4-2-1-3-5-6/h5-11,15-16,22H,1-4H3;1-5H. The van der Waals surface area contributed by atoms with E-state index in [1.165, 1.54) is 37.7 Å². The van der Waals surface area contributed by atoms with Gasteiger partial charge in [-0.2, -0.15) is 0 Å². The lowest BCUT2D eigenvalue weighted by atomic mass is 9.67. The summed E-state index contributed by atoms with van der Waals surface area (Å²) in [6.45, 7) is 3.77. The summed E-state index contributed by atoms with van der Waals surface area (Å²) in [6, 6.07) is 17.6. The Labute approximate surface area is 212 Å². The van der Waals surface area contributed by atoms with Crippen molar-refractivity contribution in [3.05, 3.63) is 104 Å². The molecule has 3 atom stereocenters. The molecule has 188 valence electrons. The van der Waals surface area contributed by atoms with Gasteiger partial charge < -0.3 is 14.8 Å². The Hall–Kier alpha value is -4.05. The average Bonchev–Trinajstić information content (AvgIpc) is 3.43. The van der Waals surface area contributed by atoms with Crippen molar-refractivity contribution in [1.29, 1.82) is 0 Å². The van der Waals surface area contributed by atoms with E-state index in [2.05, 4.69) is 10.3 Å². The summed E-state index contributed by atoms with van der Waals surface area (Å²) in [4.78, 5) is 39.6. The molecule has 0 saturated heterocycles. The van der Waals surface area contributed by atoms with Crippen molar-refractivity contribution in [3.8, 4) is 0 Å². The van der Waals surface area contributed by atoms with E-state index in [0.29, 0.717) is 16.3 Å². The molecule has 0 spiro atoms. The molecule has 9 nitrogen and oxygen atoms in total. The molecule has 0 aliphatic carbocycles. The molecule has 0 radical (unpaired) electrons. The molecular weight excluding hydrogens is 482 g/mol. The van der Waals surface area contributed by atoms with E-state index >= 15 is 0 Å². The summed E-state index contributed by atoms with van der Waals surface area (Å²) in [5.41, 5.74) is 1.33. The van der Waals surface area contributed by atoms with E-state index in [1.807, 2.05) is 49.6 Å². The van der Waals surface area contributed by atoms with E-state index in [0.717, 1.165) is 5.56 Å². The minimum absolute atomic E-state index is 0.137. The number of hydrogen-bond donors (Lipinski definition) is 1. The lowest BCUT2D eigenvalue weighted by molar-refractivity contribution is -0.384. The molecular formula is C26H27N3O6S. The van der Waals surface area contributed by atoms with Gasteiger partial charge in [-0.15, -0.1) is 11.3 Å². The first-order valence-electron chi connectivity index (χ1n) is 11.0. The van der Waals surface area contributed by atoms with Crippen molar-refractivity contribution in [2.24, 2.45) is 5.92 Å². The van der Waals surface area contributed by atoms with Crippen LogP contribution in [0.4, 0.5) is 5.69 Å². The molecule has 2 aromatic carbocycles. The Morgan fingerprint density at radius 1 is 1.06 bits per heavy atom. The van der Waals surface area contributed by atoms with E-state index in [9.17, 15) is 19.7 Å². The number of aromatic nitrogens is 1. The van der Waals surface area contributed by atoms with Gasteiger partial charge >= 0.3 is 11.9 Å². The van der Waals surface area contributed by atoms with E-state index < -0.39 is 34.2 Å². The third kappa shape index (κ3) is 5.44.